The molecule has 0 spiro atoms. The van der Waals surface area contributed by atoms with Gasteiger partial charge in [0.05, 0.1) is 16.0 Å². The van der Waals surface area contributed by atoms with Crippen molar-refractivity contribution in [2.24, 2.45) is 5.92 Å². The first kappa shape index (κ1) is 24.0. The Hall–Kier alpha value is -3.17. The normalized spacial score (nSPS) is 17.9. The molecule has 178 valence electrons. The maximum absolute atomic E-state index is 13.1. The number of benzene rings is 2. The van der Waals surface area contributed by atoms with Crippen LogP contribution in [0.25, 0.3) is 5.69 Å². The molecule has 1 amide bonds. The van der Waals surface area contributed by atoms with E-state index >= 15 is 0 Å². The highest BCUT2D eigenvalue weighted by molar-refractivity contribution is 6.37. The predicted molar refractivity (Wildman–Crippen MR) is 126 cm³/mol. The molecule has 1 heterocycles. The number of para-hydroxylation sites is 1. The molecule has 1 aliphatic rings. The summed E-state index contributed by atoms with van der Waals surface area (Å²) in [6.07, 6.45) is 2.58. The Morgan fingerprint density at radius 2 is 1.76 bits per heavy atom. The number of ether oxygens (including phenoxy) is 1. The van der Waals surface area contributed by atoms with Gasteiger partial charge in [0.15, 0.2) is 0 Å². The van der Waals surface area contributed by atoms with Crippen LogP contribution in [0.2, 0.25) is 10.0 Å². The van der Waals surface area contributed by atoms with Crippen LogP contribution in [0.1, 0.15) is 31.2 Å². The van der Waals surface area contributed by atoms with Crippen LogP contribution in [0.15, 0.2) is 53.3 Å². The number of hydrogen-bond acceptors (Lipinski definition) is 6. The molecule has 4 rings (SSSR count). The maximum atomic E-state index is 13.1. The van der Waals surface area contributed by atoms with Gasteiger partial charge in [-0.3, -0.25) is 4.79 Å². The Balaban J connectivity index is 1.44. The van der Waals surface area contributed by atoms with E-state index in [0.29, 0.717) is 23.9 Å². The average Bonchev–Trinajstić information content (AvgIpc) is 3.23. The standard InChI is InChI=1S/C23H23Cl2N5O4/c1-28(17-10-5-9-16(13-17)21(31)34-14-15-7-3-2-4-8-15)22(32)30-23(33)29(26-27-30)20-18(24)11-6-12-19(20)25/h2-4,6-8,11-12,16-17H,5,9-10,13-14H2,1H3. The molecule has 0 radical (unpaired) electrons. The number of amides is 1. The third kappa shape index (κ3) is 5.00. The zero-order valence-corrected chi connectivity index (χ0v) is 19.9. The molecule has 0 N–H and O–H groups in total. The van der Waals surface area contributed by atoms with Crippen molar-refractivity contribution in [3.63, 3.8) is 0 Å². The van der Waals surface area contributed by atoms with Gasteiger partial charge in [0.25, 0.3) is 0 Å². The number of carbonyl (C=O) groups is 2. The summed E-state index contributed by atoms with van der Waals surface area (Å²) in [5.74, 6) is -0.613. The smallest absolute Gasteiger partial charge is 0.377 e. The number of rotatable bonds is 5. The molecule has 1 fully saturated rings. The van der Waals surface area contributed by atoms with Crippen molar-refractivity contribution in [1.29, 1.82) is 0 Å². The highest BCUT2D eigenvalue weighted by Crippen LogP contribution is 2.29. The van der Waals surface area contributed by atoms with Gasteiger partial charge in [-0.05, 0) is 47.4 Å². The van der Waals surface area contributed by atoms with Gasteiger partial charge in [0, 0.05) is 13.1 Å². The SMILES string of the molecule is CN(C(=O)n1nnn(-c2c(Cl)cccc2Cl)c1=O)C1CCCC(C(=O)OCc2ccccc2)C1. The molecule has 3 aromatic rings. The van der Waals surface area contributed by atoms with Crippen LogP contribution in [0, 0.1) is 5.92 Å². The van der Waals surface area contributed by atoms with Gasteiger partial charge in [0.2, 0.25) is 0 Å². The Morgan fingerprint density at radius 3 is 2.47 bits per heavy atom. The monoisotopic (exact) mass is 503 g/mol. The molecule has 9 nitrogen and oxygen atoms in total. The number of esters is 1. The number of carbonyl (C=O) groups excluding carboxylic acids is 2. The molecule has 0 bridgehead atoms. The van der Waals surface area contributed by atoms with Crippen molar-refractivity contribution >= 4 is 35.2 Å². The number of tetrazole rings is 1. The lowest BCUT2D eigenvalue weighted by Crippen LogP contribution is -2.46. The number of aromatic nitrogens is 4. The zero-order chi connectivity index (χ0) is 24.2. The molecule has 11 heteroatoms. The average molecular weight is 504 g/mol. The molecule has 2 aromatic carbocycles. The van der Waals surface area contributed by atoms with Crippen LogP contribution in [-0.2, 0) is 16.1 Å². The number of halogens is 2. The Kier molecular flexibility index (Phi) is 7.33. The first-order valence-electron chi connectivity index (χ1n) is 10.8. The van der Waals surface area contributed by atoms with Crippen LogP contribution in [0.5, 0.6) is 0 Å². The van der Waals surface area contributed by atoms with Crippen LogP contribution in [0.4, 0.5) is 4.79 Å². The maximum Gasteiger partial charge on any atom is 0.377 e. The van der Waals surface area contributed by atoms with Crippen molar-refractivity contribution in [3.8, 4) is 5.69 Å². The van der Waals surface area contributed by atoms with Gasteiger partial charge in [0.1, 0.15) is 12.3 Å². The van der Waals surface area contributed by atoms with Crippen molar-refractivity contribution in [3.05, 3.63) is 74.6 Å². The molecule has 1 saturated carbocycles. The molecule has 0 aliphatic heterocycles. The molecule has 34 heavy (non-hydrogen) atoms. The molecule has 2 unspecified atom stereocenters. The number of nitrogens with zero attached hydrogens (tertiary/aromatic N) is 5. The summed E-state index contributed by atoms with van der Waals surface area (Å²) in [5, 5.41) is 7.90. The lowest BCUT2D eigenvalue weighted by Gasteiger charge is -2.33. The fourth-order valence-corrected chi connectivity index (χ4v) is 4.64. The quantitative estimate of drug-likeness (QED) is 0.386. The topological polar surface area (TPSA) is 99.3 Å². The van der Waals surface area contributed by atoms with E-state index in [2.05, 4.69) is 10.4 Å². The molecular formula is C23H23Cl2N5O4. The van der Waals surface area contributed by atoms with Gasteiger partial charge in [-0.25, -0.2) is 9.59 Å². The van der Waals surface area contributed by atoms with Crippen molar-refractivity contribution in [1.82, 2.24) is 24.7 Å². The van der Waals surface area contributed by atoms with Gasteiger partial charge < -0.3 is 9.64 Å². The minimum Gasteiger partial charge on any atom is -0.461 e. The number of hydrogen-bond donors (Lipinski definition) is 0. The fourth-order valence-electron chi connectivity index (χ4n) is 4.08. The van der Waals surface area contributed by atoms with Crippen LogP contribution >= 0.6 is 23.2 Å². The van der Waals surface area contributed by atoms with E-state index in [4.69, 9.17) is 27.9 Å². The van der Waals surface area contributed by atoms with E-state index in [1.807, 2.05) is 30.3 Å². The van der Waals surface area contributed by atoms with Crippen molar-refractivity contribution in [2.45, 2.75) is 38.3 Å². The Bertz CT molecular complexity index is 1220. The lowest BCUT2D eigenvalue weighted by atomic mass is 9.85. The first-order chi connectivity index (χ1) is 16.4. The fraction of sp³-hybridized carbons (Fsp3) is 0.348. The van der Waals surface area contributed by atoms with E-state index < -0.39 is 11.7 Å². The molecule has 0 saturated heterocycles. The third-order valence-electron chi connectivity index (χ3n) is 5.97. The minimum absolute atomic E-state index is 0.149. The van der Waals surface area contributed by atoms with Crippen molar-refractivity contribution < 1.29 is 14.3 Å². The van der Waals surface area contributed by atoms with Gasteiger partial charge in [-0.1, -0.05) is 66.0 Å². The van der Waals surface area contributed by atoms with E-state index in [-0.39, 0.29) is 40.3 Å². The van der Waals surface area contributed by atoms with Gasteiger partial charge in [-0.2, -0.15) is 4.68 Å². The van der Waals surface area contributed by atoms with Crippen molar-refractivity contribution in [2.75, 3.05) is 7.05 Å². The summed E-state index contributed by atoms with van der Waals surface area (Å²) in [7, 11) is 1.58. The summed E-state index contributed by atoms with van der Waals surface area (Å²) < 4.78 is 7.04. The van der Waals surface area contributed by atoms with Gasteiger partial charge >= 0.3 is 17.7 Å². The lowest BCUT2D eigenvalue weighted by molar-refractivity contribution is -0.151. The molecule has 1 aromatic heterocycles. The largest absolute Gasteiger partial charge is 0.461 e. The second-order valence-corrected chi connectivity index (χ2v) is 8.97. The second-order valence-electron chi connectivity index (χ2n) is 8.16. The van der Waals surface area contributed by atoms with Gasteiger partial charge in [-0.15, -0.1) is 4.68 Å². The van der Waals surface area contributed by atoms with E-state index in [1.165, 1.54) is 4.90 Å². The van der Waals surface area contributed by atoms with E-state index in [0.717, 1.165) is 16.7 Å². The summed E-state index contributed by atoms with van der Waals surface area (Å²) >= 11 is 12.3. The second kappa shape index (κ2) is 10.4. The van der Waals surface area contributed by atoms with E-state index in [1.54, 1.807) is 25.2 Å². The third-order valence-corrected chi connectivity index (χ3v) is 6.58. The molecular weight excluding hydrogens is 481 g/mol. The first-order valence-corrected chi connectivity index (χ1v) is 11.6. The highest BCUT2D eigenvalue weighted by Gasteiger charge is 2.33. The predicted octanol–water partition coefficient (Wildman–Crippen LogP) is 3.94. The summed E-state index contributed by atoms with van der Waals surface area (Å²) in [4.78, 5) is 40.0. The van der Waals surface area contributed by atoms with Crippen LogP contribution < -0.4 is 5.69 Å². The Labute approximate surface area is 205 Å². The van der Waals surface area contributed by atoms with Crippen LogP contribution in [-0.4, -0.2) is 49.8 Å². The zero-order valence-electron chi connectivity index (χ0n) is 18.4. The van der Waals surface area contributed by atoms with Crippen LogP contribution in [0.3, 0.4) is 0 Å². The Morgan fingerprint density at radius 1 is 1.06 bits per heavy atom. The molecule has 2 atom stereocenters. The highest BCUT2D eigenvalue weighted by atomic mass is 35.5. The summed E-state index contributed by atoms with van der Waals surface area (Å²) in [6, 6.07) is 13.3. The minimum atomic E-state index is -0.790. The van der Waals surface area contributed by atoms with E-state index in [9.17, 15) is 14.4 Å². The molecule has 1 aliphatic carbocycles. The summed E-state index contributed by atoms with van der Waals surface area (Å²) in [6.45, 7) is 0.207. The summed E-state index contributed by atoms with van der Waals surface area (Å²) in [5.41, 5.74) is 0.273.